The predicted octanol–water partition coefficient (Wildman–Crippen LogP) is 3.69. The topological polar surface area (TPSA) is 47.0 Å². The van der Waals surface area contributed by atoms with E-state index in [4.69, 9.17) is 4.74 Å². The molecule has 0 atom stereocenters. The zero-order chi connectivity index (χ0) is 13.8. The van der Waals surface area contributed by atoms with Gasteiger partial charge in [-0.3, -0.25) is 0 Å². The Morgan fingerprint density at radius 2 is 2.11 bits per heavy atom. The largest absolute Gasteiger partial charge is 0.494 e. The molecule has 0 radical (unpaired) electrons. The molecule has 2 rings (SSSR count). The molecule has 0 saturated heterocycles. The Labute approximate surface area is 119 Å². The minimum atomic E-state index is -0.397. The number of nitrogens with one attached hydrogen (secondary N) is 1. The molecule has 1 aromatic heterocycles. The third-order valence-electron chi connectivity index (χ3n) is 2.48. The average molecular weight is 326 g/mol. The number of aromatic nitrogens is 2. The van der Waals surface area contributed by atoms with Crippen LogP contribution >= 0.6 is 15.9 Å². The molecule has 0 unspecified atom stereocenters. The molecule has 19 heavy (non-hydrogen) atoms. The SMILES string of the molecule is CCc1nc(Br)cc(Nc2ccc(F)c(OC)c2)n1. The van der Waals surface area contributed by atoms with Crippen molar-refractivity contribution in [2.24, 2.45) is 0 Å². The monoisotopic (exact) mass is 325 g/mol. The number of halogens is 2. The van der Waals surface area contributed by atoms with Crippen molar-refractivity contribution in [3.05, 3.63) is 40.5 Å². The van der Waals surface area contributed by atoms with Crippen LogP contribution < -0.4 is 10.1 Å². The highest BCUT2D eigenvalue weighted by atomic mass is 79.9. The van der Waals surface area contributed by atoms with E-state index in [2.05, 4.69) is 31.2 Å². The lowest BCUT2D eigenvalue weighted by atomic mass is 10.3. The van der Waals surface area contributed by atoms with E-state index in [-0.39, 0.29) is 5.75 Å². The number of rotatable bonds is 4. The van der Waals surface area contributed by atoms with E-state index in [9.17, 15) is 4.39 Å². The van der Waals surface area contributed by atoms with Crippen LogP contribution in [0.25, 0.3) is 0 Å². The predicted molar refractivity (Wildman–Crippen MR) is 75.3 cm³/mol. The summed E-state index contributed by atoms with van der Waals surface area (Å²) in [5, 5.41) is 3.09. The molecule has 1 aromatic carbocycles. The molecule has 1 heterocycles. The molecule has 0 aliphatic carbocycles. The van der Waals surface area contributed by atoms with E-state index >= 15 is 0 Å². The van der Waals surface area contributed by atoms with Crippen LogP contribution in [0.5, 0.6) is 5.75 Å². The Bertz CT molecular complexity index is 592. The number of hydrogen-bond donors (Lipinski definition) is 1. The van der Waals surface area contributed by atoms with Crippen LogP contribution in [0.1, 0.15) is 12.7 Å². The van der Waals surface area contributed by atoms with Crippen molar-refractivity contribution in [2.45, 2.75) is 13.3 Å². The van der Waals surface area contributed by atoms with Crippen LogP contribution in [0.4, 0.5) is 15.9 Å². The number of methoxy groups -OCH3 is 1. The summed E-state index contributed by atoms with van der Waals surface area (Å²) in [6.45, 7) is 1.98. The van der Waals surface area contributed by atoms with Crippen LogP contribution in [-0.2, 0) is 6.42 Å². The van der Waals surface area contributed by atoms with Crippen molar-refractivity contribution < 1.29 is 9.13 Å². The van der Waals surface area contributed by atoms with Gasteiger partial charge in [0.15, 0.2) is 11.6 Å². The van der Waals surface area contributed by atoms with Gasteiger partial charge in [0.1, 0.15) is 16.2 Å². The van der Waals surface area contributed by atoms with E-state index in [1.807, 2.05) is 6.92 Å². The first kappa shape index (κ1) is 13.7. The van der Waals surface area contributed by atoms with Gasteiger partial charge in [0.05, 0.1) is 7.11 Å². The lowest BCUT2D eigenvalue weighted by Crippen LogP contribution is -2.00. The van der Waals surface area contributed by atoms with E-state index in [1.54, 1.807) is 18.2 Å². The van der Waals surface area contributed by atoms with Crippen LogP contribution in [0.3, 0.4) is 0 Å². The maximum atomic E-state index is 13.3. The Morgan fingerprint density at radius 1 is 1.32 bits per heavy atom. The van der Waals surface area contributed by atoms with Crippen LogP contribution in [0, 0.1) is 5.82 Å². The van der Waals surface area contributed by atoms with Crippen LogP contribution in [-0.4, -0.2) is 17.1 Å². The Hall–Kier alpha value is -1.69. The molecule has 0 aliphatic heterocycles. The van der Waals surface area contributed by atoms with E-state index < -0.39 is 5.82 Å². The summed E-state index contributed by atoms with van der Waals surface area (Å²) >= 11 is 3.33. The normalized spacial score (nSPS) is 10.3. The molecule has 0 amide bonds. The van der Waals surface area contributed by atoms with Gasteiger partial charge in [-0.25, -0.2) is 14.4 Å². The highest BCUT2D eigenvalue weighted by Gasteiger charge is 2.06. The zero-order valence-corrected chi connectivity index (χ0v) is 12.2. The Balaban J connectivity index is 2.28. The summed E-state index contributed by atoms with van der Waals surface area (Å²) in [4.78, 5) is 8.56. The van der Waals surface area contributed by atoms with Crippen molar-refractivity contribution in [3.8, 4) is 5.75 Å². The molecule has 0 bridgehead atoms. The molecule has 1 N–H and O–H groups in total. The number of hydrogen-bond acceptors (Lipinski definition) is 4. The number of nitrogens with zero attached hydrogens (tertiary/aromatic N) is 2. The zero-order valence-electron chi connectivity index (χ0n) is 10.6. The van der Waals surface area contributed by atoms with Gasteiger partial charge in [-0.2, -0.15) is 0 Å². The maximum Gasteiger partial charge on any atom is 0.165 e. The second kappa shape index (κ2) is 5.97. The molecule has 0 aliphatic rings. The number of ether oxygens (including phenoxy) is 1. The lowest BCUT2D eigenvalue weighted by Gasteiger charge is -2.09. The number of anilines is 2. The van der Waals surface area contributed by atoms with Gasteiger partial charge in [-0.1, -0.05) is 6.92 Å². The maximum absolute atomic E-state index is 13.3. The summed E-state index contributed by atoms with van der Waals surface area (Å²) in [6, 6.07) is 6.31. The van der Waals surface area contributed by atoms with Crippen molar-refractivity contribution >= 4 is 27.4 Å². The Kier molecular flexibility index (Phi) is 4.31. The molecule has 0 fully saturated rings. The first-order chi connectivity index (χ1) is 9.12. The molecule has 0 saturated carbocycles. The minimum absolute atomic E-state index is 0.189. The Morgan fingerprint density at radius 3 is 2.79 bits per heavy atom. The summed E-state index contributed by atoms with van der Waals surface area (Å²) in [7, 11) is 1.43. The third kappa shape index (κ3) is 3.41. The fraction of sp³-hybridized carbons (Fsp3) is 0.231. The van der Waals surface area contributed by atoms with Crippen molar-refractivity contribution in [3.63, 3.8) is 0 Å². The minimum Gasteiger partial charge on any atom is -0.494 e. The highest BCUT2D eigenvalue weighted by Crippen LogP contribution is 2.24. The van der Waals surface area contributed by atoms with Gasteiger partial charge in [0.25, 0.3) is 0 Å². The van der Waals surface area contributed by atoms with Gasteiger partial charge in [0, 0.05) is 24.2 Å². The van der Waals surface area contributed by atoms with Crippen LogP contribution in [0.2, 0.25) is 0 Å². The molecular weight excluding hydrogens is 313 g/mol. The van der Waals surface area contributed by atoms with Gasteiger partial charge in [-0.05, 0) is 28.1 Å². The van der Waals surface area contributed by atoms with Crippen LogP contribution in [0.15, 0.2) is 28.9 Å². The van der Waals surface area contributed by atoms with Gasteiger partial charge < -0.3 is 10.1 Å². The summed E-state index contributed by atoms with van der Waals surface area (Å²) in [6.07, 6.45) is 0.737. The second-order valence-corrected chi connectivity index (χ2v) is 4.63. The van der Waals surface area contributed by atoms with Gasteiger partial charge in [0.2, 0.25) is 0 Å². The molecule has 0 spiro atoms. The standard InChI is InChI=1S/C13H13BrFN3O/c1-3-12-17-11(14)7-13(18-12)16-8-4-5-9(15)10(6-8)19-2/h4-7H,3H2,1-2H3,(H,16,17,18). The third-order valence-corrected chi connectivity index (χ3v) is 2.89. The first-order valence-electron chi connectivity index (χ1n) is 5.76. The second-order valence-electron chi connectivity index (χ2n) is 3.82. The van der Waals surface area contributed by atoms with Crippen molar-refractivity contribution in [2.75, 3.05) is 12.4 Å². The smallest absolute Gasteiger partial charge is 0.165 e. The average Bonchev–Trinajstić information content (AvgIpc) is 2.40. The highest BCUT2D eigenvalue weighted by molar-refractivity contribution is 9.10. The van der Waals surface area contributed by atoms with Gasteiger partial charge in [-0.15, -0.1) is 0 Å². The molecular formula is C13H13BrFN3O. The number of benzene rings is 1. The molecule has 2 aromatic rings. The molecule has 100 valence electrons. The molecule has 4 nitrogen and oxygen atoms in total. The summed E-state index contributed by atoms with van der Waals surface area (Å²) in [5.74, 6) is 1.17. The summed E-state index contributed by atoms with van der Waals surface area (Å²) in [5.41, 5.74) is 0.700. The fourth-order valence-corrected chi connectivity index (χ4v) is 1.99. The van der Waals surface area contributed by atoms with Crippen molar-refractivity contribution in [1.82, 2.24) is 9.97 Å². The van der Waals surface area contributed by atoms with Gasteiger partial charge >= 0.3 is 0 Å². The van der Waals surface area contributed by atoms with Crippen molar-refractivity contribution in [1.29, 1.82) is 0 Å². The molecule has 6 heteroatoms. The van der Waals surface area contributed by atoms with E-state index in [0.29, 0.717) is 16.1 Å². The number of aryl methyl sites for hydroxylation is 1. The fourth-order valence-electron chi connectivity index (χ4n) is 1.57. The van der Waals surface area contributed by atoms with E-state index in [1.165, 1.54) is 13.2 Å². The first-order valence-corrected chi connectivity index (χ1v) is 6.55. The van der Waals surface area contributed by atoms with E-state index in [0.717, 1.165) is 12.2 Å². The lowest BCUT2D eigenvalue weighted by molar-refractivity contribution is 0.387. The summed E-state index contributed by atoms with van der Waals surface area (Å²) < 4.78 is 18.9. The quantitative estimate of drug-likeness (QED) is 0.871.